The summed E-state index contributed by atoms with van der Waals surface area (Å²) in [5, 5.41) is 6.80. The van der Waals surface area contributed by atoms with E-state index in [1.807, 2.05) is 13.0 Å². The molecule has 1 fully saturated rings. The first-order valence-corrected chi connectivity index (χ1v) is 7.54. The van der Waals surface area contributed by atoms with E-state index in [4.69, 9.17) is 5.73 Å². The zero-order chi connectivity index (χ0) is 15.8. The largest absolute Gasteiger partial charge is 0.399 e. The van der Waals surface area contributed by atoms with Gasteiger partial charge in [0.2, 0.25) is 0 Å². The van der Waals surface area contributed by atoms with Crippen LogP contribution < -0.4 is 16.4 Å². The number of carbonyl (C=O) groups excluding carboxylic acids is 1. The van der Waals surface area contributed by atoms with Crippen LogP contribution in [0.3, 0.4) is 0 Å². The summed E-state index contributed by atoms with van der Waals surface area (Å²) >= 11 is 0. The molecule has 21 heavy (non-hydrogen) atoms. The highest BCUT2D eigenvalue weighted by Gasteiger charge is 2.38. The lowest BCUT2D eigenvalue weighted by molar-refractivity contribution is 0.0873. The summed E-state index contributed by atoms with van der Waals surface area (Å²) in [6.45, 7) is 10.6. The minimum atomic E-state index is -0.0170. The second-order valence-corrected chi connectivity index (χ2v) is 7.54. The summed E-state index contributed by atoms with van der Waals surface area (Å²) in [5.41, 5.74) is 8.19. The minimum Gasteiger partial charge on any atom is -0.399 e. The Kier molecular flexibility index (Phi) is 4.02. The van der Waals surface area contributed by atoms with Crippen LogP contribution in [0.2, 0.25) is 0 Å². The van der Waals surface area contributed by atoms with E-state index in [0.717, 1.165) is 24.1 Å². The zero-order valence-corrected chi connectivity index (χ0v) is 13.7. The van der Waals surface area contributed by atoms with Crippen molar-refractivity contribution in [2.45, 2.75) is 64.6 Å². The van der Waals surface area contributed by atoms with Crippen LogP contribution in [-0.2, 0) is 0 Å². The van der Waals surface area contributed by atoms with Crippen LogP contribution in [0.15, 0.2) is 18.2 Å². The van der Waals surface area contributed by atoms with Gasteiger partial charge in [0.15, 0.2) is 0 Å². The van der Waals surface area contributed by atoms with Crippen molar-refractivity contribution in [1.82, 2.24) is 10.6 Å². The molecule has 4 heteroatoms. The summed E-state index contributed by atoms with van der Waals surface area (Å²) in [6.07, 6.45) is 1.85. The maximum absolute atomic E-state index is 12.4. The van der Waals surface area contributed by atoms with Crippen LogP contribution in [0, 0.1) is 6.92 Å². The van der Waals surface area contributed by atoms with Crippen molar-refractivity contribution in [3.05, 3.63) is 29.3 Å². The number of anilines is 1. The van der Waals surface area contributed by atoms with E-state index in [0.29, 0.717) is 5.56 Å². The number of hydrogen-bond acceptors (Lipinski definition) is 3. The molecule has 1 amide bonds. The van der Waals surface area contributed by atoms with Crippen LogP contribution in [-0.4, -0.2) is 23.0 Å². The quantitative estimate of drug-likeness (QED) is 0.733. The molecule has 0 saturated carbocycles. The maximum Gasteiger partial charge on any atom is 0.251 e. The van der Waals surface area contributed by atoms with E-state index >= 15 is 0 Å². The average molecular weight is 289 g/mol. The molecule has 2 rings (SSSR count). The molecule has 1 saturated heterocycles. The highest BCUT2D eigenvalue weighted by atomic mass is 16.1. The molecule has 1 aliphatic rings. The lowest BCUT2D eigenvalue weighted by Crippen LogP contribution is -2.62. The van der Waals surface area contributed by atoms with Crippen LogP contribution in [0.1, 0.15) is 56.5 Å². The summed E-state index contributed by atoms with van der Waals surface area (Å²) in [4.78, 5) is 12.4. The summed E-state index contributed by atoms with van der Waals surface area (Å²) in [7, 11) is 0. The molecule has 0 aliphatic carbocycles. The van der Waals surface area contributed by atoms with Crippen LogP contribution in [0.5, 0.6) is 0 Å². The van der Waals surface area contributed by atoms with Crippen molar-refractivity contribution in [2.75, 3.05) is 5.73 Å². The predicted octanol–water partition coefficient (Wildman–Crippen LogP) is 2.62. The first kappa shape index (κ1) is 15.8. The van der Waals surface area contributed by atoms with Gasteiger partial charge in [0.05, 0.1) is 0 Å². The zero-order valence-electron chi connectivity index (χ0n) is 13.7. The molecule has 1 aromatic rings. The Balaban J connectivity index is 2.10. The van der Waals surface area contributed by atoms with Gasteiger partial charge in [-0.2, -0.15) is 0 Å². The Morgan fingerprint density at radius 2 is 1.81 bits per heavy atom. The third-order valence-corrected chi connectivity index (χ3v) is 4.06. The first-order chi connectivity index (χ1) is 9.58. The molecule has 0 aromatic heterocycles. The predicted molar refractivity (Wildman–Crippen MR) is 87.4 cm³/mol. The molecule has 4 nitrogen and oxygen atoms in total. The molecule has 1 aliphatic heterocycles. The summed E-state index contributed by atoms with van der Waals surface area (Å²) in [6, 6.07) is 5.61. The molecular weight excluding hydrogens is 262 g/mol. The van der Waals surface area contributed by atoms with Gasteiger partial charge in [-0.25, -0.2) is 0 Å². The normalized spacial score (nSPS) is 21.0. The van der Waals surface area contributed by atoms with Crippen molar-refractivity contribution in [3.8, 4) is 0 Å². The van der Waals surface area contributed by atoms with Crippen molar-refractivity contribution < 1.29 is 4.79 Å². The number of nitrogen functional groups attached to an aromatic ring is 1. The Morgan fingerprint density at radius 1 is 1.24 bits per heavy atom. The van der Waals surface area contributed by atoms with Crippen LogP contribution in [0.25, 0.3) is 0 Å². The number of nitrogens with two attached hydrogens (primary N) is 1. The molecule has 0 unspecified atom stereocenters. The van der Waals surface area contributed by atoms with Crippen LogP contribution >= 0.6 is 0 Å². The standard InChI is InChI=1S/C17H27N3O/c1-11-8-12(6-7-14(11)18)15(21)19-13-9-16(2,3)20-17(4,5)10-13/h6-8,13,20H,9-10,18H2,1-5H3,(H,19,21). The molecule has 4 N–H and O–H groups in total. The minimum absolute atomic E-state index is 0.0170. The number of carbonyl (C=O) groups is 1. The van der Waals surface area contributed by atoms with Crippen molar-refractivity contribution >= 4 is 11.6 Å². The maximum atomic E-state index is 12.4. The summed E-state index contributed by atoms with van der Waals surface area (Å²) in [5.74, 6) is -0.0170. The topological polar surface area (TPSA) is 67.2 Å². The smallest absolute Gasteiger partial charge is 0.251 e. The number of aryl methyl sites for hydroxylation is 1. The van der Waals surface area contributed by atoms with E-state index in [1.54, 1.807) is 12.1 Å². The molecule has 1 heterocycles. The Labute approximate surface area is 127 Å². The third-order valence-electron chi connectivity index (χ3n) is 4.06. The van der Waals surface area contributed by atoms with Crippen molar-refractivity contribution in [3.63, 3.8) is 0 Å². The number of nitrogens with one attached hydrogen (secondary N) is 2. The summed E-state index contributed by atoms with van der Waals surface area (Å²) < 4.78 is 0. The Morgan fingerprint density at radius 3 is 2.33 bits per heavy atom. The molecule has 0 spiro atoms. The van der Waals surface area contributed by atoms with Gasteiger partial charge in [-0.15, -0.1) is 0 Å². The van der Waals surface area contributed by atoms with E-state index in [9.17, 15) is 4.79 Å². The fraction of sp³-hybridized carbons (Fsp3) is 0.588. The number of rotatable bonds is 2. The monoisotopic (exact) mass is 289 g/mol. The first-order valence-electron chi connectivity index (χ1n) is 7.54. The molecular formula is C17H27N3O. The fourth-order valence-corrected chi connectivity index (χ4v) is 3.51. The lowest BCUT2D eigenvalue weighted by atomic mass is 9.79. The molecule has 0 radical (unpaired) electrons. The molecule has 0 bridgehead atoms. The second-order valence-electron chi connectivity index (χ2n) is 7.54. The van der Waals surface area contributed by atoms with Crippen molar-refractivity contribution in [2.24, 2.45) is 0 Å². The lowest BCUT2D eigenvalue weighted by Gasteiger charge is -2.46. The SMILES string of the molecule is Cc1cc(C(=O)NC2CC(C)(C)NC(C)(C)C2)ccc1N. The van der Waals surface area contributed by atoms with Gasteiger partial charge in [-0.3, -0.25) is 4.79 Å². The van der Waals surface area contributed by atoms with Gasteiger partial charge in [0.25, 0.3) is 5.91 Å². The highest BCUT2D eigenvalue weighted by Crippen LogP contribution is 2.28. The number of benzene rings is 1. The van der Waals surface area contributed by atoms with Gasteiger partial charge in [-0.1, -0.05) is 0 Å². The Hall–Kier alpha value is -1.55. The molecule has 0 atom stereocenters. The molecule has 1 aromatic carbocycles. The van der Waals surface area contributed by atoms with E-state index in [1.165, 1.54) is 0 Å². The third kappa shape index (κ3) is 3.97. The number of piperidine rings is 1. The van der Waals surface area contributed by atoms with Gasteiger partial charge < -0.3 is 16.4 Å². The Bertz CT molecular complexity index is 533. The fourth-order valence-electron chi connectivity index (χ4n) is 3.51. The van der Waals surface area contributed by atoms with E-state index in [2.05, 4.69) is 38.3 Å². The van der Waals surface area contributed by atoms with Crippen LogP contribution in [0.4, 0.5) is 5.69 Å². The van der Waals surface area contributed by atoms with Crippen molar-refractivity contribution in [1.29, 1.82) is 0 Å². The molecule has 116 valence electrons. The van der Waals surface area contributed by atoms with Gasteiger partial charge in [0.1, 0.15) is 0 Å². The number of amides is 1. The van der Waals surface area contributed by atoms with E-state index in [-0.39, 0.29) is 23.0 Å². The average Bonchev–Trinajstić information content (AvgIpc) is 2.28. The number of hydrogen-bond donors (Lipinski definition) is 3. The second kappa shape index (κ2) is 5.34. The highest BCUT2D eigenvalue weighted by molar-refractivity contribution is 5.95. The van der Waals surface area contributed by atoms with Gasteiger partial charge in [0, 0.05) is 28.4 Å². The van der Waals surface area contributed by atoms with Gasteiger partial charge >= 0.3 is 0 Å². The van der Waals surface area contributed by atoms with Gasteiger partial charge in [-0.05, 0) is 71.2 Å². The van der Waals surface area contributed by atoms with E-state index < -0.39 is 0 Å².